The van der Waals surface area contributed by atoms with Gasteiger partial charge in [-0.2, -0.15) is 0 Å². The second-order valence-corrected chi connectivity index (χ2v) is 8.50. The normalized spacial score (nSPS) is 11.9. The zero-order chi connectivity index (χ0) is 25.6. The number of hydrogen-bond acceptors (Lipinski definition) is 7. The molecule has 0 heterocycles. The standard InChI is InChI=1S/C29H35NO6/c1-22(32)36-29-11-10-26(17-27(29)19-31)28(33)18-30-13-12-23-8-5-9-25(16-23)21-35-15-14-34-20-24-6-3-2-4-7-24/h2-11,16-17,28,30-31,33H,12-15,18-21H2,1H3. The number of benzene rings is 3. The summed E-state index contributed by atoms with van der Waals surface area (Å²) in [5.74, 6) is -0.152. The molecule has 1 unspecified atom stereocenters. The van der Waals surface area contributed by atoms with Crippen molar-refractivity contribution in [3.8, 4) is 5.75 Å². The number of nitrogens with one attached hydrogen (secondary N) is 1. The van der Waals surface area contributed by atoms with E-state index in [1.165, 1.54) is 12.5 Å². The Hall–Kier alpha value is -3.07. The maximum Gasteiger partial charge on any atom is 0.308 e. The molecule has 0 aliphatic carbocycles. The van der Waals surface area contributed by atoms with Crippen LogP contribution in [0.3, 0.4) is 0 Å². The zero-order valence-electron chi connectivity index (χ0n) is 20.7. The highest BCUT2D eigenvalue weighted by molar-refractivity contribution is 5.69. The molecule has 0 amide bonds. The van der Waals surface area contributed by atoms with Gasteiger partial charge in [0.2, 0.25) is 0 Å². The van der Waals surface area contributed by atoms with Gasteiger partial charge in [-0.15, -0.1) is 0 Å². The van der Waals surface area contributed by atoms with Crippen molar-refractivity contribution in [1.29, 1.82) is 0 Å². The smallest absolute Gasteiger partial charge is 0.308 e. The quantitative estimate of drug-likeness (QED) is 0.169. The molecule has 192 valence electrons. The summed E-state index contributed by atoms with van der Waals surface area (Å²) in [5, 5.41) is 23.3. The number of aliphatic hydroxyl groups is 2. The van der Waals surface area contributed by atoms with E-state index in [2.05, 4.69) is 17.4 Å². The second-order valence-electron chi connectivity index (χ2n) is 8.50. The van der Waals surface area contributed by atoms with Gasteiger partial charge < -0.3 is 29.7 Å². The molecule has 3 aromatic carbocycles. The molecule has 0 aromatic heterocycles. The largest absolute Gasteiger partial charge is 0.426 e. The molecule has 0 saturated carbocycles. The van der Waals surface area contributed by atoms with Gasteiger partial charge in [-0.05, 0) is 47.4 Å². The molecule has 3 aromatic rings. The highest BCUT2D eigenvalue weighted by Gasteiger charge is 2.12. The van der Waals surface area contributed by atoms with Crippen LogP contribution < -0.4 is 10.1 Å². The first-order valence-electron chi connectivity index (χ1n) is 12.1. The monoisotopic (exact) mass is 493 g/mol. The second kappa shape index (κ2) is 15.1. The van der Waals surface area contributed by atoms with Gasteiger partial charge in [-0.25, -0.2) is 0 Å². The molecule has 0 saturated heterocycles. The van der Waals surface area contributed by atoms with E-state index in [1.807, 2.05) is 42.5 Å². The molecular formula is C29H35NO6. The van der Waals surface area contributed by atoms with E-state index < -0.39 is 12.1 Å². The Morgan fingerprint density at radius 1 is 0.889 bits per heavy atom. The van der Waals surface area contributed by atoms with Crippen molar-refractivity contribution >= 4 is 5.97 Å². The van der Waals surface area contributed by atoms with Crippen molar-refractivity contribution in [3.63, 3.8) is 0 Å². The van der Waals surface area contributed by atoms with Crippen LogP contribution in [0.2, 0.25) is 0 Å². The Bertz CT molecular complexity index is 1070. The van der Waals surface area contributed by atoms with E-state index in [9.17, 15) is 15.0 Å². The lowest BCUT2D eigenvalue weighted by Crippen LogP contribution is -2.24. The zero-order valence-corrected chi connectivity index (χ0v) is 20.7. The Morgan fingerprint density at radius 3 is 2.31 bits per heavy atom. The summed E-state index contributed by atoms with van der Waals surface area (Å²) in [6.45, 7) is 4.30. The van der Waals surface area contributed by atoms with Crippen LogP contribution in [0.15, 0.2) is 72.8 Å². The number of rotatable bonds is 15. The fraction of sp³-hybridized carbons (Fsp3) is 0.345. The summed E-state index contributed by atoms with van der Waals surface area (Å²) in [7, 11) is 0. The molecule has 0 aliphatic heterocycles. The average molecular weight is 494 g/mol. The minimum Gasteiger partial charge on any atom is -0.426 e. The number of ether oxygens (including phenoxy) is 3. The van der Waals surface area contributed by atoms with Crippen LogP contribution in [0.4, 0.5) is 0 Å². The molecule has 0 fully saturated rings. The van der Waals surface area contributed by atoms with E-state index in [1.54, 1.807) is 18.2 Å². The van der Waals surface area contributed by atoms with Crippen LogP contribution in [0.5, 0.6) is 5.75 Å². The predicted molar refractivity (Wildman–Crippen MR) is 137 cm³/mol. The van der Waals surface area contributed by atoms with Crippen LogP contribution in [0.25, 0.3) is 0 Å². The minimum absolute atomic E-state index is 0.280. The number of hydrogen-bond donors (Lipinski definition) is 3. The fourth-order valence-corrected chi connectivity index (χ4v) is 3.72. The molecule has 7 nitrogen and oxygen atoms in total. The SMILES string of the molecule is CC(=O)Oc1ccc(C(O)CNCCc2cccc(COCCOCc3ccccc3)c2)cc1CO. The summed E-state index contributed by atoms with van der Waals surface area (Å²) in [6, 6.07) is 23.3. The number of carbonyl (C=O) groups is 1. The lowest BCUT2D eigenvalue weighted by Gasteiger charge is -2.15. The van der Waals surface area contributed by atoms with Crippen molar-refractivity contribution in [3.05, 3.63) is 101 Å². The Morgan fingerprint density at radius 2 is 1.58 bits per heavy atom. The van der Waals surface area contributed by atoms with Gasteiger partial charge in [0.15, 0.2) is 0 Å². The highest BCUT2D eigenvalue weighted by Crippen LogP contribution is 2.24. The van der Waals surface area contributed by atoms with Crippen LogP contribution in [-0.4, -0.2) is 42.5 Å². The Kier molecular flexibility index (Phi) is 11.6. The fourth-order valence-electron chi connectivity index (χ4n) is 3.72. The third-order valence-electron chi connectivity index (χ3n) is 5.57. The average Bonchev–Trinajstić information content (AvgIpc) is 2.89. The van der Waals surface area contributed by atoms with E-state index in [0.29, 0.717) is 56.4 Å². The number of esters is 1. The summed E-state index contributed by atoms with van der Waals surface area (Å²) < 4.78 is 16.5. The van der Waals surface area contributed by atoms with Crippen molar-refractivity contribution in [2.45, 2.75) is 39.3 Å². The van der Waals surface area contributed by atoms with Gasteiger partial charge in [0, 0.05) is 19.0 Å². The van der Waals surface area contributed by atoms with Crippen molar-refractivity contribution in [2.75, 3.05) is 26.3 Å². The van der Waals surface area contributed by atoms with Crippen molar-refractivity contribution in [1.82, 2.24) is 5.32 Å². The van der Waals surface area contributed by atoms with E-state index >= 15 is 0 Å². The summed E-state index contributed by atoms with van der Waals surface area (Å²) in [6.07, 6.45) is 0.0686. The van der Waals surface area contributed by atoms with Gasteiger partial charge in [0.1, 0.15) is 5.75 Å². The lowest BCUT2D eigenvalue weighted by molar-refractivity contribution is -0.131. The Balaban J connectivity index is 1.34. The number of aliphatic hydroxyl groups excluding tert-OH is 2. The molecule has 7 heteroatoms. The topological polar surface area (TPSA) is 97.3 Å². The molecule has 0 radical (unpaired) electrons. The molecule has 3 rings (SSSR count). The highest BCUT2D eigenvalue weighted by atomic mass is 16.5. The van der Waals surface area contributed by atoms with Gasteiger partial charge in [-0.3, -0.25) is 4.79 Å². The third-order valence-corrected chi connectivity index (χ3v) is 5.57. The minimum atomic E-state index is -0.745. The lowest BCUT2D eigenvalue weighted by atomic mass is 10.0. The molecule has 3 N–H and O–H groups in total. The predicted octanol–water partition coefficient (Wildman–Crippen LogP) is 3.70. The van der Waals surface area contributed by atoms with Crippen molar-refractivity contribution in [2.24, 2.45) is 0 Å². The first-order valence-corrected chi connectivity index (χ1v) is 12.1. The third kappa shape index (κ3) is 9.53. The van der Waals surface area contributed by atoms with Crippen molar-refractivity contribution < 1.29 is 29.2 Å². The van der Waals surface area contributed by atoms with Gasteiger partial charge >= 0.3 is 5.97 Å². The first kappa shape index (κ1) is 27.5. The van der Waals surface area contributed by atoms with E-state index in [4.69, 9.17) is 14.2 Å². The van der Waals surface area contributed by atoms with Gasteiger partial charge in [0.05, 0.1) is 39.1 Å². The van der Waals surface area contributed by atoms with Crippen LogP contribution in [0.1, 0.15) is 40.8 Å². The first-order chi connectivity index (χ1) is 17.5. The molecule has 0 aliphatic rings. The van der Waals surface area contributed by atoms with Crippen LogP contribution >= 0.6 is 0 Å². The summed E-state index contributed by atoms with van der Waals surface area (Å²) in [5.41, 5.74) is 4.56. The maximum absolute atomic E-state index is 11.2. The maximum atomic E-state index is 11.2. The molecular weight excluding hydrogens is 458 g/mol. The van der Waals surface area contributed by atoms with Crippen LogP contribution in [-0.2, 0) is 40.5 Å². The van der Waals surface area contributed by atoms with Gasteiger partial charge in [-0.1, -0.05) is 60.7 Å². The Labute approximate surface area is 212 Å². The van der Waals surface area contributed by atoms with Gasteiger partial charge in [0.25, 0.3) is 0 Å². The van der Waals surface area contributed by atoms with E-state index in [-0.39, 0.29) is 6.61 Å². The van der Waals surface area contributed by atoms with Crippen LogP contribution in [0, 0.1) is 0 Å². The molecule has 0 bridgehead atoms. The number of carbonyl (C=O) groups excluding carboxylic acids is 1. The molecule has 0 spiro atoms. The molecule has 1 atom stereocenters. The summed E-state index contributed by atoms with van der Waals surface area (Å²) >= 11 is 0. The van der Waals surface area contributed by atoms with E-state index in [0.717, 1.165) is 17.5 Å². The summed E-state index contributed by atoms with van der Waals surface area (Å²) in [4.78, 5) is 11.2. The molecule has 36 heavy (non-hydrogen) atoms.